The summed E-state index contributed by atoms with van der Waals surface area (Å²) in [4.78, 5) is 0. The van der Waals surface area contributed by atoms with Gasteiger partial charge in [0.2, 0.25) is 0 Å². The van der Waals surface area contributed by atoms with Gasteiger partial charge in [0, 0.05) is 17.1 Å². The summed E-state index contributed by atoms with van der Waals surface area (Å²) >= 11 is 0. The molecule has 12 heavy (non-hydrogen) atoms. The minimum absolute atomic E-state index is 0.836. The number of nitrogen functional groups attached to an aromatic ring is 1. The Balaban J connectivity index is 2.43. The smallest absolute Gasteiger partial charge is 0.0415 e. The van der Waals surface area contributed by atoms with E-state index < -0.39 is 0 Å². The van der Waals surface area contributed by atoms with Gasteiger partial charge in [0.05, 0.1) is 0 Å². The van der Waals surface area contributed by atoms with E-state index in [1.54, 1.807) is 0 Å². The molecular weight excluding hydrogens is 148 g/mol. The van der Waals surface area contributed by atoms with E-state index in [4.69, 9.17) is 5.73 Å². The number of nitrogens with one attached hydrogen (secondary N) is 1. The van der Waals surface area contributed by atoms with E-state index in [-0.39, 0.29) is 0 Å². The van der Waals surface area contributed by atoms with E-state index in [1.165, 1.54) is 5.56 Å². The summed E-state index contributed by atoms with van der Waals surface area (Å²) in [5.41, 5.74) is 10.0. The molecule has 3 N–H and O–H groups in total. The molecule has 0 bridgehead atoms. The van der Waals surface area contributed by atoms with E-state index >= 15 is 0 Å². The molecule has 0 aromatic heterocycles. The average molecular weight is 160 g/mol. The first-order chi connectivity index (χ1) is 5.75. The zero-order valence-electron chi connectivity index (χ0n) is 6.93. The molecule has 1 aliphatic heterocycles. The van der Waals surface area contributed by atoms with E-state index in [9.17, 15) is 0 Å². The second kappa shape index (κ2) is 2.55. The van der Waals surface area contributed by atoms with Crippen LogP contribution in [-0.4, -0.2) is 0 Å². The Kier molecular flexibility index (Phi) is 1.54. The summed E-state index contributed by atoms with van der Waals surface area (Å²) < 4.78 is 0. The highest BCUT2D eigenvalue weighted by atomic mass is 14.9. The molecule has 0 radical (unpaired) electrons. The van der Waals surface area contributed by atoms with Crippen molar-refractivity contribution in [3.05, 3.63) is 36.0 Å². The summed E-state index contributed by atoms with van der Waals surface area (Å²) in [7, 11) is 0. The molecule has 1 aliphatic rings. The minimum atomic E-state index is 0.836. The number of allylic oxidation sites excluding steroid dienone is 1. The van der Waals surface area contributed by atoms with Crippen LogP contribution >= 0.6 is 0 Å². The lowest BCUT2D eigenvalue weighted by molar-refractivity contribution is 0.919. The zero-order chi connectivity index (χ0) is 8.55. The third-order valence-corrected chi connectivity index (χ3v) is 2.14. The fraction of sp³-hybridized carbons (Fsp3) is 0.200. The number of hydrogen-bond acceptors (Lipinski definition) is 2. The highest BCUT2D eigenvalue weighted by Gasteiger charge is 2.09. The van der Waals surface area contributed by atoms with Gasteiger partial charge in [-0.25, -0.2) is 0 Å². The molecule has 0 saturated heterocycles. The van der Waals surface area contributed by atoms with Crippen LogP contribution in [0, 0.1) is 0 Å². The predicted octanol–water partition coefficient (Wildman–Crippen LogP) is 2.14. The number of nitrogens with two attached hydrogens (primary N) is 1. The molecule has 0 unspecified atom stereocenters. The SMILES string of the molecule is C=C1CCc2cc(N)ccc2N1. The lowest BCUT2D eigenvalue weighted by atomic mass is 10.0. The van der Waals surface area contributed by atoms with Crippen LogP contribution in [0.5, 0.6) is 0 Å². The lowest BCUT2D eigenvalue weighted by Crippen LogP contribution is -2.09. The summed E-state index contributed by atoms with van der Waals surface area (Å²) in [6.45, 7) is 3.89. The molecule has 0 atom stereocenters. The number of benzene rings is 1. The normalized spacial score (nSPS) is 15.2. The Morgan fingerprint density at radius 2 is 2.17 bits per heavy atom. The molecule has 2 heteroatoms. The third kappa shape index (κ3) is 1.16. The molecule has 1 aromatic rings. The largest absolute Gasteiger partial charge is 0.399 e. The van der Waals surface area contributed by atoms with Crippen LogP contribution in [0.4, 0.5) is 11.4 Å². The van der Waals surface area contributed by atoms with Gasteiger partial charge in [-0.1, -0.05) is 6.58 Å². The topological polar surface area (TPSA) is 38.0 Å². The van der Waals surface area contributed by atoms with Crippen LogP contribution in [0.1, 0.15) is 12.0 Å². The van der Waals surface area contributed by atoms with Crippen molar-refractivity contribution in [3.8, 4) is 0 Å². The van der Waals surface area contributed by atoms with Gasteiger partial charge >= 0.3 is 0 Å². The average Bonchev–Trinajstić information content (AvgIpc) is 2.05. The van der Waals surface area contributed by atoms with Crippen molar-refractivity contribution in [1.82, 2.24) is 0 Å². The van der Waals surface area contributed by atoms with Crippen LogP contribution in [0.15, 0.2) is 30.5 Å². The maximum absolute atomic E-state index is 5.67. The molecule has 0 fully saturated rings. The van der Waals surface area contributed by atoms with Crippen molar-refractivity contribution in [3.63, 3.8) is 0 Å². The number of hydrogen-bond donors (Lipinski definition) is 2. The van der Waals surface area contributed by atoms with Crippen LogP contribution in [0.2, 0.25) is 0 Å². The van der Waals surface area contributed by atoms with Crippen LogP contribution in [-0.2, 0) is 6.42 Å². The third-order valence-electron chi connectivity index (χ3n) is 2.14. The van der Waals surface area contributed by atoms with Gasteiger partial charge in [0.1, 0.15) is 0 Å². The maximum atomic E-state index is 5.67. The molecule has 0 amide bonds. The van der Waals surface area contributed by atoms with E-state index in [0.29, 0.717) is 0 Å². The Labute approximate surface area is 72.1 Å². The van der Waals surface area contributed by atoms with Gasteiger partial charge in [0.15, 0.2) is 0 Å². The first kappa shape index (κ1) is 7.22. The van der Waals surface area contributed by atoms with Crippen molar-refractivity contribution < 1.29 is 0 Å². The molecule has 2 rings (SSSR count). The first-order valence-corrected chi connectivity index (χ1v) is 4.09. The second-order valence-electron chi connectivity index (χ2n) is 3.15. The molecule has 1 aromatic carbocycles. The molecule has 0 saturated carbocycles. The van der Waals surface area contributed by atoms with E-state index in [0.717, 1.165) is 29.9 Å². The van der Waals surface area contributed by atoms with Gasteiger partial charge in [-0.2, -0.15) is 0 Å². The van der Waals surface area contributed by atoms with E-state index in [1.807, 2.05) is 18.2 Å². The molecule has 0 aliphatic carbocycles. The van der Waals surface area contributed by atoms with Crippen LogP contribution < -0.4 is 11.1 Å². The first-order valence-electron chi connectivity index (χ1n) is 4.09. The standard InChI is InChI=1S/C10H12N2/c1-7-2-3-8-6-9(11)4-5-10(8)12-7/h4-6,12H,1-3,11H2. The lowest BCUT2D eigenvalue weighted by Gasteiger charge is -2.19. The molecular formula is C10H12N2. The van der Waals surface area contributed by atoms with Crippen molar-refractivity contribution in [2.45, 2.75) is 12.8 Å². The molecule has 1 heterocycles. The predicted molar refractivity (Wildman–Crippen MR) is 51.9 cm³/mol. The summed E-state index contributed by atoms with van der Waals surface area (Å²) in [6.07, 6.45) is 2.06. The zero-order valence-corrected chi connectivity index (χ0v) is 6.93. The van der Waals surface area contributed by atoms with Gasteiger partial charge in [-0.05, 0) is 36.6 Å². The Hall–Kier alpha value is -1.44. The quantitative estimate of drug-likeness (QED) is 0.570. The van der Waals surface area contributed by atoms with Crippen LogP contribution in [0.3, 0.4) is 0 Å². The van der Waals surface area contributed by atoms with Crippen molar-refractivity contribution in [2.75, 3.05) is 11.1 Å². The van der Waals surface area contributed by atoms with Gasteiger partial charge in [0.25, 0.3) is 0 Å². The Bertz CT molecular complexity index is 329. The van der Waals surface area contributed by atoms with Gasteiger partial charge in [-0.15, -0.1) is 0 Å². The van der Waals surface area contributed by atoms with Crippen molar-refractivity contribution in [1.29, 1.82) is 0 Å². The molecule has 0 spiro atoms. The molecule has 2 nitrogen and oxygen atoms in total. The summed E-state index contributed by atoms with van der Waals surface area (Å²) in [5.74, 6) is 0. The van der Waals surface area contributed by atoms with Crippen LogP contribution in [0.25, 0.3) is 0 Å². The highest BCUT2D eigenvalue weighted by molar-refractivity contribution is 5.62. The molecule has 62 valence electrons. The fourth-order valence-corrected chi connectivity index (χ4v) is 1.48. The number of rotatable bonds is 0. The van der Waals surface area contributed by atoms with Crippen molar-refractivity contribution in [2.24, 2.45) is 0 Å². The maximum Gasteiger partial charge on any atom is 0.0415 e. The number of fused-ring (bicyclic) bond motifs is 1. The second-order valence-corrected chi connectivity index (χ2v) is 3.15. The number of aryl methyl sites for hydroxylation is 1. The summed E-state index contributed by atoms with van der Waals surface area (Å²) in [5, 5.41) is 3.24. The highest BCUT2D eigenvalue weighted by Crippen LogP contribution is 2.27. The fourth-order valence-electron chi connectivity index (χ4n) is 1.48. The summed E-state index contributed by atoms with van der Waals surface area (Å²) in [6, 6.07) is 5.94. The Morgan fingerprint density at radius 3 is 3.00 bits per heavy atom. The van der Waals surface area contributed by atoms with Gasteiger partial charge in [-0.3, -0.25) is 0 Å². The monoisotopic (exact) mass is 160 g/mol. The van der Waals surface area contributed by atoms with Crippen molar-refractivity contribution >= 4 is 11.4 Å². The van der Waals surface area contributed by atoms with Gasteiger partial charge < -0.3 is 11.1 Å². The Morgan fingerprint density at radius 1 is 1.33 bits per heavy atom. The van der Waals surface area contributed by atoms with E-state index in [2.05, 4.69) is 11.9 Å². The minimum Gasteiger partial charge on any atom is -0.399 e. The number of anilines is 2.